The highest BCUT2D eigenvalue weighted by Gasteiger charge is 2.17. The van der Waals surface area contributed by atoms with Gasteiger partial charge < -0.3 is 14.6 Å². The molecule has 2 N–H and O–H groups in total. The number of carbonyl (C=O) groups excluding carboxylic acids is 1. The summed E-state index contributed by atoms with van der Waals surface area (Å²) in [4.78, 5) is 17.1. The molecule has 1 aliphatic carbocycles. The molecule has 0 radical (unpaired) electrons. The van der Waals surface area contributed by atoms with E-state index in [-0.39, 0.29) is 22.8 Å². The SMILES string of the molecule is O=C(C1=CCC=C(c2nc3ccccc3o2)C=C1)c1ccc(O)cc1O. The highest BCUT2D eigenvalue weighted by molar-refractivity contribution is 6.12. The summed E-state index contributed by atoms with van der Waals surface area (Å²) >= 11 is 0. The molecule has 0 fully saturated rings. The first-order valence-electron chi connectivity index (χ1n) is 8.13. The molecule has 26 heavy (non-hydrogen) atoms. The fourth-order valence-corrected chi connectivity index (χ4v) is 2.82. The molecule has 3 aromatic rings. The Morgan fingerprint density at radius 3 is 2.69 bits per heavy atom. The number of allylic oxidation sites excluding steroid dienone is 6. The smallest absolute Gasteiger partial charge is 0.226 e. The second kappa shape index (κ2) is 6.37. The number of fused-ring (bicyclic) bond motifs is 1. The van der Waals surface area contributed by atoms with E-state index in [4.69, 9.17) is 4.42 Å². The summed E-state index contributed by atoms with van der Waals surface area (Å²) in [5, 5.41) is 19.3. The average Bonchev–Trinajstić information content (AvgIpc) is 2.90. The lowest BCUT2D eigenvalue weighted by molar-refractivity contribution is 0.103. The maximum absolute atomic E-state index is 12.6. The predicted octanol–water partition coefficient (Wildman–Crippen LogP) is 4.39. The van der Waals surface area contributed by atoms with Gasteiger partial charge in [-0.1, -0.05) is 30.4 Å². The van der Waals surface area contributed by atoms with Crippen molar-refractivity contribution in [1.29, 1.82) is 0 Å². The zero-order valence-corrected chi connectivity index (χ0v) is 13.7. The number of rotatable bonds is 3. The number of phenols is 2. The highest BCUT2D eigenvalue weighted by Crippen LogP contribution is 2.28. The minimum Gasteiger partial charge on any atom is -0.508 e. The highest BCUT2D eigenvalue weighted by atomic mass is 16.3. The maximum atomic E-state index is 12.6. The lowest BCUT2D eigenvalue weighted by Crippen LogP contribution is -2.01. The molecule has 5 heteroatoms. The number of nitrogens with zero attached hydrogens (tertiary/aromatic N) is 1. The van der Waals surface area contributed by atoms with Crippen molar-refractivity contribution >= 4 is 22.5 Å². The van der Waals surface area contributed by atoms with Crippen molar-refractivity contribution in [3.63, 3.8) is 0 Å². The topological polar surface area (TPSA) is 83.6 Å². The molecular formula is C21H15NO4. The van der Waals surface area contributed by atoms with Crippen molar-refractivity contribution in [2.45, 2.75) is 6.42 Å². The van der Waals surface area contributed by atoms with Gasteiger partial charge in [0.2, 0.25) is 5.89 Å². The first-order chi connectivity index (χ1) is 12.6. The van der Waals surface area contributed by atoms with Crippen LogP contribution in [0.2, 0.25) is 0 Å². The number of benzene rings is 2. The van der Waals surface area contributed by atoms with Gasteiger partial charge in [0.25, 0.3) is 0 Å². The van der Waals surface area contributed by atoms with Crippen LogP contribution >= 0.6 is 0 Å². The van der Waals surface area contributed by atoms with Crippen LogP contribution in [0.1, 0.15) is 22.7 Å². The van der Waals surface area contributed by atoms with Crippen LogP contribution in [0.15, 0.2) is 76.8 Å². The van der Waals surface area contributed by atoms with Gasteiger partial charge >= 0.3 is 0 Å². The Hall–Kier alpha value is -3.60. The number of carbonyl (C=O) groups is 1. The molecule has 0 bridgehead atoms. The lowest BCUT2D eigenvalue weighted by atomic mass is 10.0. The molecule has 0 amide bonds. The average molecular weight is 345 g/mol. The molecule has 0 spiro atoms. The number of hydrogen-bond donors (Lipinski definition) is 2. The van der Waals surface area contributed by atoms with E-state index >= 15 is 0 Å². The number of oxazole rings is 1. The number of hydrogen-bond acceptors (Lipinski definition) is 5. The summed E-state index contributed by atoms with van der Waals surface area (Å²) in [5.41, 5.74) is 2.87. The molecule has 1 heterocycles. The van der Waals surface area contributed by atoms with Gasteiger partial charge in [0, 0.05) is 17.2 Å². The standard InChI is InChI=1S/C21H15NO4/c23-15-10-11-16(18(24)12-15)20(25)13-4-3-5-14(9-8-13)21-22-17-6-1-2-7-19(17)26-21/h1-2,4-12,23-24H,3H2. The minimum absolute atomic E-state index is 0.0932. The Kier molecular flexibility index (Phi) is 3.89. The first-order valence-corrected chi connectivity index (χ1v) is 8.13. The Labute approximate surface area is 149 Å². The Balaban J connectivity index is 1.61. The van der Waals surface area contributed by atoms with Crippen molar-refractivity contribution < 1.29 is 19.4 Å². The number of phenolic OH excluding ortho intramolecular Hbond substituents is 2. The molecule has 1 aliphatic rings. The summed E-state index contributed by atoms with van der Waals surface area (Å²) in [6.45, 7) is 0. The van der Waals surface area contributed by atoms with E-state index in [0.717, 1.165) is 17.2 Å². The predicted molar refractivity (Wildman–Crippen MR) is 97.9 cm³/mol. The number of aromatic hydroxyl groups is 2. The monoisotopic (exact) mass is 345 g/mol. The number of ketones is 1. The van der Waals surface area contributed by atoms with E-state index in [1.54, 1.807) is 18.2 Å². The van der Waals surface area contributed by atoms with Gasteiger partial charge in [-0.05, 0) is 36.8 Å². The molecule has 0 saturated carbocycles. The molecule has 4 rings (SSSR count). The Bertz CT molecular complexity index is 1070. The minimum atomic E-state index is -0.314. The van der Waals surface area contributed by atoms with Crippen molar-refractivity contribution in [3.05, 3.63) is 83.8 Å². The summed E-state index contributed by atoms with van der Waals surface area (Å²) in [5.74, 6) is -0.159. The largest absolute Gasteiger partial charge is 0.508 e. The Morgan fingerprint density at radius 2 is 1.88 bits per heavy atom. The third-order valence-corrected chi connectivity index (χ3v) is 4.15. The molecule has 0 saturated heterocycles. The zero-order chi connectivity index (χ0) is 18.1. The van der Waals surface area contributed by atoms with E-state index in [1.165, 1.54) is 12.1 Å². The van der Waals surface area contributed by atoms with E-state index in [9.17, 15) is 15.0 Å². The first kappa shape index (κ1) is 15.9. The van der Waals surface area contributed by atoms with Crippen molar-refractivity contribution in [1.82, 2.24) is 4.98 Å². The third-order valence-electron chi connectivity index (χ3n) is 4.15. The van der Waals surface area contributed by atoms with Crippen LogP contribution in [0.4, 0.5) is 0 Å². The van der Waals surface area contributed by atoms with Crippen LogP contribution in [0.3, 0.4) is 0 Å². The van der Waals surface area contributed by atoms with E-state index in [0.29, 0.717) is 23.5 Å². The fraction of sp³-hybridized carbons (Fsp3) is 0.0476. The van der Waals surface area contributed by atoms with Crippen molar-refractivity contribution in [3.8, 4) is 11.5 Å². The maximum Gasteiger partial charge on any atom is 0.226 e. The quantitative estimate of drug-likeness (QED) is 0.688. The zero-order valence-electron chi connectivity index (χ0n) is 13.7. The van der Waals surface area contributed by atoms with Crippen LogP contribution in [0, 0.1) is 0 Å². The van der Waals surface area contributed by atoms with E-state index < -0.39 is 0 Å². The summed E-state index contributed by atoms with van der Waals surface area (Å²) in [7, 11) is 0. The van der Waals surface area contributed by atoms with Gasteiger partial charge in [-0.25, -0.2) is 4.98 Å². The van der Waals surface area contributed by atoms with Gasteiger partial charge in [-0.3, -0.25) is 4.79 Å². The van der Waals surface area contributed by atoms with Crippen LogP contribution < -0.4 is 0 Å². The number of aromatic nitrogens is 1. The molecule has 2 aromatic carbocycles. The van der Waals surface area contributed by atoms with Gasteiger partial charge in [-0.15, -0.1) is 0 Å². The van der Waals surface area contributed by atoms with E-state index in [1.807, 2.05) is 30.3 Å². The van der Waals surface area contributed by atoms with Gasteiger partial charge in [0.1, 0.15) is 17.0 Å². The van der Waals surface area contributed by atoms with Crippen molar-refractivity contribution in [2.24, 2.45) is 0 Å². The van der Waals surface area contributed by atoms with Gasteiger partial charge in [0.15, 0.2) is 11.4 Å². The second-order valence-corrected chi connectivity index (χ2v) is 5.91. The van der Waals surface area contributed by atoms with Crippen LogP contribution in [-0.4, -0.2) is 21.0 Å². The third kappa shape index (κ3) is 2.91. The summed E-state index contributed by atoms with van der Waals surface area (Å²) in [6.07, 6.45) is 7.70. The van der Waals surface area contributed by atoms with Crippen LogP contribution in [0.5, 0.6) is 11.5 Å². The Morgan fingerprint density at radius 1 is 1.04 bits per heavy atom. The molecule has 1 aromatic heterocycles. The molecule has 0 atom stereocenters. The summed E-state index contributed by atoms with van der Waals surface area (Å²) in [6, 6.07) is 11.4. The normalized spacial score (nSPS) is 14.0. The fourth-order valence-electron chi connectivity index (χ4n) is 2.82. The number of Topliss-reactive ketones (excluding diaryl/α,β-unsaturated/α-hetero) is 1. The molecule has 0 unspecified atom stereocenters. The van der Waals surface area contributed by atoms with Gasteiger partial charge in [-0.2, -0.15) is 0 Å². The van der Waals surface area contributed by atoms with Crippen molar-refractivity contribution in [2.75, 3.05) is 0 Å². The van der Waals surface area contributed by atoms with E-state index in [2.05, 4.69) is 4.98 Å². The molecular weight excluding hydrogens is 330 g/mol. The van der Waals surface area contributed by atoms with Crippen LogP contribution in [0.25, 0.3) is 16.7 Å². The molecule has 0 aliphatic heterocycles. The van der Waals surface area contributed by atoms with Gasteiger partial charge in [0.05, 0.1) is 5.56 Å². The second-order valence-electron chi connectivity index (χ2n) is 5.91. The van der Waals surface area contributed by atoms with Crippen LogP contribution in [-0.2, 0) is 0 Å². The number of para-hydroxylation sites is 2. The lowest BCUT2D eigenvalue weighted by Gasteiger charge is -2.04. The molecule has 5 nitrogen and oxygen atoms in total. The molecule has 128 valence electrons. The summed E-state index contributed by atoms with van der Waals surface area (Å²) < 4.78 is 5.77.